The predicted molar refractivity (Wildman–Crippen MR) is 83.9 cm³/mol. The van der Waals surface area contributed by atoms with Gasteiger partial charge in [0.05, 0.1) is 12.7 Å². The second kappa shape index (κ2) is 7.67. The normalized spacial score (nSPS) is 10.8. The van der Waals surface area contributed by atoms with Crippen LogP contribution in [0, 0.1) is 11.7 Å². The van der Waals surface area contributed by atoms with E-state index in [2.05, 4.69) is 10.3 Å². The van der Waals surface area contributed by atoms with Crippen molar-refractivity contribution in [2.75, 3.05) is 13.1 Å². The molecule has 0 fully saturated rings. The van der Waals surface area contributed by atoms with Crippen molar-refractivity contribution < 1.29 is 19.1 Å². The minimum absolute atomic E-state index is 0.0632. The van der Waals surface area contributed by atoms with E-state index in [9.17, 15) is 14.0 Å². The van der Waals surface area contributed by atoms with Crippen LogP contribution in [0.15, 0.2) is 30.5 Å². The summed E-state index contributed by atoms with van der Waals surface area (Å²) in [5, 5.41) is 16.6. The van der Waals surface area contributed by atoms with Crippen LogP contribution < -0.4 is 0 Å². The van der Waals surface area contributed by atoms with E-state index >= 15 is 0 Å². The van der Waals surface area contributed by atoms with Gasteiger partial charge in [-0.1, -0.05) is 31.2 Å². The van der Waals surface area contributed by atoms with Gasteiger partial charge >= 0.3 is 5.97 Å². The lowest BCUT2D eigenvalue weighted by Gasteiger charge is -2.21. The molecule has 1 N–H and O–H groups in total. The van der Waals surface area contributed by atoms with Crippen LogP contribution in [0.25, 0.3) is 0 Å². The minimum Gasteiger partial charge on any atom is -0.480 e. The molecule has 1 aromatic heterocycles. The number of benzene rings is 1. The Balaban J connectivity index is 2.12. The number of rotatable bonds is 7. The predicted octanol–water partition coefficient (Wildman–Crippen LogP) is 1.65. The molecule has 2 aromatic rings. The van der Waals surface area contributed by atoms with Crippen LogP contribution in [0.1, 0.15) is 29.9 Å². The van der Waals surface area contributed by atoms with Gasteiger partial charge in [-0.05, 0) is 23.6 Å². The number of aliphatic carboxylic acids is 1. The number of halogens is 1. The van der Waals surface area contributed by atoms with Crippen molar-refractivity contribution in [3.05, 3.63) is 47.5 Å². The summed E-state index contributed by atoms with van der Waals surface area (Å²) in [6.07, 6.45) is 1.43. The molecule has 0 saturated heterocycles. The first kappa shape index (κ1) is 17.6. The van der Waals surface area contributed by atoms with Crippen LogP contribution in [-0.4, -0.2) is 50.0 Å². The van der Waals surface area contributed by atoms with Gasteiger partial charge in [-0.2, -0.15) is 0 Å². The van der Waals surface area contributed by atoms with Crippen LogP contribution in [0.2, 0.25) is 0 Å². The lowest BCUT2D eigenvalue weighted by molar-refractivity contribution is -0.137. The Kier molecular flexibility index (Phi) is 5.62. The number of hydrogen-bond acceptors (Lipinski definition) is 4. The highest BCUT2D eigenvalue weighted by Crippen LogP contribution is 2.08. The summed E-state index contributed by atoms with van der Waals surface area (Å²) in [6, 6.07) is 6.04. The lowest BCUT2D eigenvalue weighted by Crippen LogP contribution is -2.38. The molecule has 7 nitrogen and oxygen atoms in total. The molecule has 0 radical (unpaired) electrons. The summed E-state index contributed by atoms with van der Waals surface area (Å²) in [7, 11) is 0. The maximum absolute atomic E-state index is 13.2. The third kappa shape index (κ3) is 4.87. The van der Waals surface area contributed by atoms with E-state index < -0.39 is 18.4 Å². The molecule has 2 rings (SSSR count). The van der Waals surface area contributed by atoms with E-state index in [4.69, 9.17) is 5.11 Å². The Morgan fingerprint density at radius 1 is 1.38 bits per heavy atom. The van der Waals surface area contributed by atoms with Crippen molar-refractivity contribution in [2.45, 2.75) is 20.4 Å². The van der Waals surface area contributed by atoms with E-state index in [1.165, 1.54) is 27.9 Å². The number of carbonyl (C=O) groups excluding carboxylic acids is 1. The second-order valence-electron chi connectivity index (χ2n) is 5.90. The molecule has 0 unspecified atom stereocenters. The quantitative estimate of drug-likeness (QED) is 0.832. The number of aromatic nitrogens is 3. The summed E-state index contributed by atoms with van der Waals surface area (Å²) >= 11 is 0. The Morgan fingerprint density at radius 2 is 2.12 bits per heavy atom. The first-order valence-corrected chi connectivity index (χ1v) is 7.51. The van der Waals surface area contributed by atoms with E-state index in [0.717, 1.165) is 0 Å². The van der Waals surface area contributed by atoms with Gasteiger partial charge in [-0.15, -0.1) is 5.10 Å². The highest BCUT2D eigenvalue weighted by molar-refractivity contribution is 5.93. The van der Waals surface area contributed by atoms with Gasteiger partial charge < -0.3 is 10.0 Å². The molecular weight excluding hydrogens is 315 g/mol. The molecule has 0 aliphatic rings. The van der Waals surface area contributed by atoms with E-state index in [1.807, 2.05) is 13.8 Å². The minimum atomic E-state index is -1.09. The number of carbonyl (C=O) groups is 2. The van der Waals surface area contributed by atoms with E-state index in [-0.39, 0.29) is 24.0 Å². The SMILES string of the molecule is CC(C)CN(CC(=O)O)C(=O)c1cn(Cc2cccc(F)c2)nn1. The van der Waals surface area contributed by atoms with Crippen molar-refractivity contribution >= 4 is 11.9 Å². The summed E-state index contributed by atoms with van der Waals surface area (Å²) in [4.78, 5) is 24.6. The first-order valence-electron chi connectivity index (χ1n) is 7.51. The zero-order valence-corrected chi connectivity index (χ0v) is 13.5. The van der Waals surface area contributed by atoms with E-state index in [0.29, 0.717) is 12.1 Å². The third-order valence-corrected chi connectivity index (χ3v) is 3.19. The smallest absolute Gasteiger partial charge is 0.323 e. The third-order valence-electron chi connectivity index (χ3n) is 3.19. The zero-order valence-electron chi connectivity index (χ0n) is 13.5. The van der Waals surface area contributed by atoms with Crippen molar-refractivity contribution in [1.82, 2.24) is 19.9 Å². The molecule has 0 spiro atoms. The first-order chi connectivity index (χ1) is 11.3. The van der Waals surface area contributed by atoms with Gasteiger partial charge in [0, 0.05) is 6.54 Å². The molecule has 1 amide bonds. The molecule has 8 heteroatoms. The Hall–Kier alpha value is -2.77. The fourth-order valence-electron chi connectivity index (χ4n) is 2.28. The highest BCUT2D eigenvalue weighted by atomic mass is 19.1. The van der Waals surface area contributed by atoms with Crippen LogP contribution >= 0.6 is 0 Å². The molecular formula is C16H19FN4O3. The molecule has 0 aliphatic heterocycles. The second-order valence-corrected chi connectivity index (χ2v) is 5.90. The number of nitrogens with zero attached hydrogens (tertiary/aromatic N) is 4. The number of amides is 1. The molecule has 0 aliphatic carbocycles. The highest BCUT2D eigenvalue weighted by Gasteiger charge is 2.22. The summed E-state index contributed by atoms with van der Waals surface area (Å²) in [5.74, 6) is -1.81. The fraction of sp³-hybridized carbons (Fsp3) is 0.375. The van der Waals surface area contributed by atoms with Crippen molar-refractivity contribution in [3.8, 4) is 0 Å². The van der Waals surface area contributed by atoms with Crippen LogP contribution in [0.4, 0.5) is 4.39 Å². The molecule has 0 atom stereocenters. The monoisotopic (exact) mass is 334 g/mol. The summed E-state index contributed by atoms with van der Waals surface area (Å²) < 4.78 is 14.6. The number of carboxylic acid groups (broad SMARTS) is 1. The molecule has 128 valence electrons. The Morgan fingerprint density at radius 3 is 2.75 bits per heavy atom. The van der Waals surface area contributed by atoms with Crippen LogP contribution in [0.3, 0.4) is 0 Å². The van der Waals surface area contributed by atoms with Crippen molar-refractivity contribution in [1.29, 1.82) is 0 Å². The maximum Gasteiger partial charge on any atom is 0.323 e. The average Bonchev–Trinajstić information content (AvgIpc) is 2.93. The number of carboxylic acids is 1. The Bertz CT molecular complexity index is 730. The number of hydrogen-bond donors (Lipinski definition) is 1. The molecule has 0 saturated carbocycles. The zero-order chi connectivity index (χ0) is 17.7. The van der Waals surface area contributed by atoms with Gasteiger partial charge in [0.15, 0.2) is 5.69 Å². The summed E-state index contributed by atoms with van der Waals surface area (Å²) in [6.45, 7) is 3.96. The molecule has 24 heavy (non-hydrogen) atoms. The van der Waals surface area contributed by atoms with Gasteiger partial charge in [0.2, 0.25) is 0 Å². The molecule has 0 bridgehead atoms. The van der Waals surface area contributed by atoms with Gasteiger partial charge in [0.25, 0.3) is 5.91 Å². The van der Waals surface area contributed by atoms with Crippen molar-refractivity contribution in [3.63, 3.8) is 0 Å². The standard InChI is InChI=1S/C16H19FN4O3/c1-11(2)7-20(10-15(22)23)16(24)14-9-21(19-18-14)8-12-4-3-5-13(17)6-12/h3-6,9,11H,7-8,10H2,1-2H3,(H,22,23). The van der Waals surface area contributed by atoms with Gasteiger partial charge in [-0.25, -0.2) is 9.07 Å². The van der Waals surface area contributed by atoms with Crippen molar-refractivity contribution in [2.24, 2.45) is 5.92 Å². The summed E-state index contributed by atoms with van der Waals surface area (Å²) in [5.41, 5.74) is 0.747. The molecule has 1 heterocycles. The molecule has 1 aromatic carbocycles. The van der Waals surface area contributed by atoms with Crippen LogP contribution in [0.5, 0.6) is 0 Å². The maximum atomic E-state index is 13.2. The average molecular weight is 334 g/mol. The largest absolute Gasteiger partial charge is 0.480 e. The fourth-order valence-corrected chi connectivity index (χ4v) is 2.28. The van der Waals surface area contributed by atoms with Gasteiger partial charge in [-0.3, -0.25) is 9.59 Å². The van der Waals surface area contributed by atoms with Gasteiger partial charge in [0.1, 0.15) is 12.4 Å². The lowest BCUT2D eigenvalue weighted by atomic mass is 10.2. The topological polar surface area (TPSA) is 88.3 Å². The van der Waals surface area contributed by atoms with Crippen LogP contribution in [-0.2, 0) is 11.3 Å². The van der Waals surface area contributed by atoms with E-state index in [1.54, 1.807) is 12.1 Å². The Labute approximate surface area is 138 Å².